The van der Waals surface area contributed by atoms with Crippen LogP contribution in [-0.4, -0.2) is 13.2 Å². The summed E-state index contributed by atoms with van der Waals surface area (Å²) in [5.74, 6) is 0.931. The van der Waals surface area contributed by atoms with E-state index in [-0.39, 0.29) is 12.4 Å². The number of benzene rings is 2. The van der Waals surface area contributed by atoms with E-state index in [1.54, 1.807) is 7.11 Å². The van der Waals surface area contributed by atoms with Gasteiger partial charge in [-0.25, -0.2) is 0 Å². The third kappa shape index (κ3) is 5.99. The summed E-state index contributed by atoms with van der Waals surface area (Å²) in [5.41, 5.74) is 2.57. The molecule has 0 heterocycles. The molecule has 0 bridgehead atoms. The van der Waals surface area contributed by atoms with Gasteiger partial charge in [0.15, 0.2) is 0 Å². The molecule has 4 heteroatoms. The van der Waals surface area contributed by atoms with E-state index < -0.39 is 0 Å². The van der Waals surface area contributed by atoms with Gasteiger partial charge in [-0.2, -0.15) is 0 Å². The molecule has 0 radical (unpaired) electrons. The molecule has 0 spiro atoms. The zero-order chi connectivity index (χ0) is 15.1. The van der Waals surface area contributed by atoms with Gasteiger partial charge in [-0.05, 0) is 43.5 Å². The summed E-state index contributed by atoms with van der Waals surface area (Å²) < 4.78 is 6.48. The lowest BCUT2D eigenvalue weighted by atomic mass is 10.1. The van der Waals surface area contributed by atoms with Gasteiger partial charge >= 0.3 is 0 Å². The van der Waals surface area contributed by atoms with E-state index >= 15 is 0 Å². The van der Waals surface area contributed by atoms with Crippen molar-refractivity contribution in [1.82, 2.24) is 5.32 Å². The van der Waals surface area contributed by atoms with E-state index in [0.717, 1.165) is 29.6 Å². The van der Waals surface area contributed by atoms with Crippen LogP contribution in [-0.2, 0) is 13.0 Å². The summed E-state index contributed by atoms with van der Waals surface area (Å²) in [5, 5.41) is 3.57. The summed E-state index contributed by atoms with van der Waals surface area (Å²) in [7, 11) is 1.71. The molecule has 0 aromatic heterocycles. The Hall–Kier alpha value is -1.03. The lowest BCUT2D eigenvalue weighted by Gasteiger charge is -2.15. The first-order valence-electron chi connectivity index (χ1n) is 7.29. The summed E-state index contributed by atoms with van der Waals surface area (Å²) in [6.45, 7) is 3.05. The molecule has 2 rings (SSSR count). The van der Waals surface area contributed by atoms with Crippen molar-refractivity contribution in [2.75, 3.05) is 7.11 Å². The second kappa shape index (κ2) is 9.88. The van der Waals surface area contributed by atoms with Gasteiger partial charge in [0.05, 0.1) is 7.11 Å². The van der Waals surface area contributed by atoms with Gasteiger partial charge in [0.1, 0.15) is 5.75 Å². The molecule has 0 fully saturated rings. The van der Waals surface area contributed by atoms with Crippen LogP contribution >= 0.6 is 28.3 Å². The normalized spacial score (nSPS) is 11.6. The standard InChI is InChI=1S/C18H22BrNO.ClH/c1-14(8-9-15-6-4-3-5-7-15)20-13-16-12-17(19)10-11-18(16)21-2;/h3-7,10-12,14,20H,8-9,13H2,1-2H3;1H. The first-order valence-corrected chi connectivity index (χ1v) is 8.08. The summed E-state index contributed by atoms with van der Waals surface area (Å²) in [4.78, 5) is 0. The Balaban J connectivity index is 0.00000242. The van der Waals surface area contributed by atoms with Crippen molar-refractivity contribution in [2.24, 2.45) is 0 Å². The van der Waals surface area contributed by atoms with Crippen molar-refractivity contribution in [3.63, 3.8) is 0 Å². The van der Waals surface area contributed by atoms with Crippen molar-refractivity contribution in [1.29, 1.82) is 0 Å². The monoisotopic (exact) mass is 383 g/mol. The number of rotatable bonds is 7. The maximum absolute atomic E-state index is 5.40. The van der Waals surface area contributed by atoms with Crippen molar-refractivity contribution >= 4 is 28.3 Å². The number of methoxy groups -OCH3 is 1. The molecule has 22 heavy (non-hydrogen) atoms. The topological polar surface area (TPSA) is 21.3 Å². The Morgan fingerprint density at radius 3 is 2.55 bits per heavy atom. The molecular weight excluding hydrogens is 362 g/mol. The average Bonchev–Trinajstić information content (AvgIpc) is 2.52. The summed E-state index contributed by atoms with van der Waals surface area (Å²) in [6.07, 6.45) is 2.23. The largest absolute Gasteiger partial charge is 0.496 e. The minimum Gasteiger partial charge on any atom is -0.496 e. The van der Waals surface area contributed by atoms with Crippen LogP contribution in [0.1, 0.15) is 24.5 Å². The Bertz CT molecular complexity index is 562. The molecule has 1 N–H and O–H groups in total. The number of ether oxygens (including phenoxy) is 1. The maximum atomic E-state index is 5.40. The summed E-state index contributed by atoms with van der Waals surface area (Å²) >= 11 is 3.51. The molecular formula is C18H23BrClNO. The van der Waals surface area contributed by atoms with Crippen molar-refractivity contribution < 1.29 is 4.74 Å². The van der Waals surface area contributed by atoms with E-state index in [9.17, 15) is 0 Å². The van der Waals surface area contributed by atoms with Crippen LogP contribution in [0.5, 0.6) is 5.75 Å². The quantitative estimate of drug-likeness (QED) is 0.726. The number of halogens is 2. The van der Waals surface area contributed by atoms with Crippen molar-refractivity contribution in [3.05, 3.63) is 64.1 Å². The molecule has 2 aromatic carbocycles. The molecule has 0 saturated heterocycles. The fraction of sp³-hybridized carbons (Fsp3) is 0.333. The van der Waals surface area contributed by atoms with E-state index in [1.165, 1.54) is 11.1 Å². The van der Waals surface area contributed by atoms with Gasteiger partial charge in [0.25, 0.3) is 0 Å². The SMILES string of the molecule is COc1ccc(Br)cc1CNC(C)CCc1ccccc1.Cl. The van der Waals surface area contributed by atoms with E-state index in [4.69, 9.17) is 4.74 Å². The Labute approximate surface area is 147 Å². The minimum absolute atomic E-state index is 0. The van der Waals surface area contributed by atoms with Gasteiger partial charge in [0, 0.05) is 22.6 Å². The highest BCUT2D eigenvalue weighted by atomic mass is 79.9. The average molecular weight is 385 g/mol. The Morgan fingerprint density at radius 1 is 1.14 bits per heavy atom. The van der Waals surface area contributed by atoms with Gasteiger partial charge < -0.3 is 10.1 Å². The molecule has 2 aromatic rings. The maximum Gasteiger partial charge on any atom is 0.123 e. The van der Waals surface area contributed by atoms with Crippen LogP contribution in [0.4, 0.5) is 0 Å². The van der Waals surface area contributed by atoms with Gasteiger partial charge in [-0.1, -0.05) is 46.3 Å². The Morgan fingerprint density at radius 2 is 1.86 bits per heavy atom. The fourth-order valence-electron chi connectivity index (χ4n) is 2.30. The third-order valence-electron chi connectivity index (χ3n) is 3.59. The van der Waals surface area contributed by atoms with Gasteiger partial charge in [-0.3, -0.25) is 0 Å². The van der Waals surface area contributed by atoms with Crippen LogP contribution in [0, 0.1) is 0 Å². The van der Waals surface area contributed by atoms with Crippen LogP contribution in [0.25, 0.3) is 0 Å². The fourth-order valence-corrected chi connectivity index (χ4v) is 2.71. The predicted octanol–water partition coefficient (Wildman–Crippen LogP) is 4.99. The molecule has 0 aliphatic carbocycles. The molecule has 0 aliphatic rings. The highest BCUT2D eigenvalue weighted by molar-refractivity contribution is 9.10. The molecule has 120 valence electrons. The molecule has 1 atom stereocenters. The van der Waals surface area contributed by atoms with Gasteiger partial charge in [0.2, 0.25) is 0 Å². The first kappa shape index (κ1) is 19.0. The van der Waals surface area contributed by atoms with Crippen LogP contribution in [0.3, 0.4) is 0 Å². The summed E-state index contributed by atoms with van der Waals surface area (Å²) in [6, 6.07) is 17.2. The van der Waals surface area contributed by atoms with E-state index in [1.807, 2.05) is 12.1 Å². The minimum atomic E-state index is 0. The lowest BCUT2D eigenvalue weighted by Crippen LogP contribution is -2.26. The van der Waals surface area contributed by atoms with Crippen LogP contribution in [0.2, 0.25) is 0 Å². The molecule has 0 aliphatic heterocycles. The van der Waals surface area contributed by atoms with Crippen molar-refractivity contribution in [3.8, 4) is 5.75 Å². The van der Waals surface area contributed by atoms with Gasteiger partial charge in [-0.15, -0.1) is 12.4 Å². The second-order valence-electron chi connectivity index (χ2n) is 5.26. The number of hydrogen-bond donors (Lipinski definition) is 1. The number of aryl methyl sites for hydroxylation is 1. The first-order chi connectivity index (χ1) is 10.2. The molecule has 2 nitrogen and oxygen atoms in total. The Kier molecular flexibility index (Phi) is 8.54. The van der Waals surface area contributed by atoms with Crippen molar-refractivity contribution in [2.45, 2.75) is 32.4 Å². The zero-order valence-electron chi connectivity index (χ0n) is 13.0. The second-order valence-corrected chi connectivity index (χ2v) is 6.18. The lowest BCUT2D eigenvalue weighted by molar-refractivity contribution is 0.404. The number of hydrogen-bond acceptors (Lipinski definition) is 2. The van der Waals surface area contributed by atoms with E-state index in [0.29, 0.717) is 6.04 Å². The highest BCUT2D eigenvalue weighted by Crippen LogP contribution is 2.23. The zero-order valence-corrected chi connectivity index (χ0v) is 15.4. The predicted molar refractivity (Wildman–Crippen MR) is 99.0 cm³/mol. The smallest absolute Gasteiger partial charge is 0.123 e. The molecule has 0 saturated carbocycles. The molecule has 0 amide bonds. The molecule has 1 unspecified atom stereocenters. The van der Waals surface area contributed by atoms with Crippen LogP contribution < -0.4 is 10.1 Å². The highest BCUT2D eigenvalue weighted by Gasteiger charge is 2.06. The van der Waals surface area contributed by atoms with Crippen LogP contribution in [0.15, 0.2) is 53.0 Å². The number of nitrogens with one attached hydrogen (secondary N) is 1. The third-order valence-corrected chi connectivity index (χ3v) is 4.09. The van der Waals surface area contributed by atoms with E-state index in [2.05, 4.69) is 64.6 Å².